The molecule has 3 heterocycles. The number of nitrogens with zero attached hydrogens (tertiary/aromatic N) is 3. The molecule has 1 saturated heterocycles. The van der Waals surface area contributed by atoms with Crippen LogP contribution < -0.4 is 4.74 Å². The molecule has 0 bridgehead atoms. The summed E-state index contributed by atoms with van der Waals surface area (Å²) in [6, 6.07) is 13.6. The number of likely N-dealkylation sites (tertiary alicyclic amines) is 1. The van der Waals surface area contributed by atoms with Crippen molar-refractivity contribution in [1.82, 2.24) is 19.7 Å². The molecule has 2 aromatic heterocycles. The Labute approximate surface area is 192 Å². The molecule has 1 aliphatic heterocycles. The molecule has 7 heteroatoms. The van der Waals surface area contributed by atoms with Gasteiger partial charge in [0.2, 0.25) is 0 Å². The van der Waals surface area contributed by atoms with Crippen molar-refractivity contribution in [3.05, 3.63) is 83.3 Å². The quantitative estimate of drug-likeness (QED) is 0.439. The molecule has 0 unspecified atom stereocenters. The van der Waals surface area contributed by atoms with Crippen LogP contribution in [0.25, 0.3) is 10.9 Å². The van der Waals surface area contributed by atoms with Gasteiger partial charge in [0.05, 0.1) is 18.7 Å². The Kier molecular flexibility index (Phi) is 5.64. The van der Waals surface area contributed by atoms with Gasteiger partial charge in [-0.1, -0.05) is 18.2 Å². The number of fused-ring (bicyclic) bond motifs is 1. The van der Waals surface area contributed by atoms with Crippen LogP contribution in [0.2, 0.25) is 0 Å². The first kappa shape index (κ1) is 21.3. The lowest BCUT2D eigenvalue weighted by atomic mass is 9.88. The fourth-order valence-electron chi connectivity index (χ4n) is 5.21. The Balaban J connectivity index is 1.57. The average Bonchev–Trinajstić information content (AvgIpc) is 3.54. The highest BCUT2D eigenvalue weighted by Gasteiger charge is 2.33. The molecule has 2 aromatic carbocycles. The van der Waals surface area contributed by atoms with Gasteiger partial charge in [0.15, 0.2) is 0 Å². The van der Waals surface area contributed by atoms with Gasteiger partial charge in [-0.25, -0.2) is 4.79 Å². The van der Waals surface area contributed by atoms with Gasteiger partial charge < -0.3 is 14.8 Å². The molecule has 2 atom stereocenters. The van der Waals surface area contributed by atoms with Crippen molar-refractivity contribution in [2.24, 2.45) is 0 Å². The maximum atomic E-state index is 12.1. The van der Waals surface area contributed by atoms with Gasteiger partial charge in [-0.05, 0) is 55.2 Å². The number of carboxylic acid groups (broad SMARTS) is 1. The van der Waals surface area contributed by atoms with Crippen molar-refractivity contribution in [2.45, 2.75) is 38.4 Å². The summed E-state index contributed by atoms with van der Waals surface area (Å²) in [5.74, 6) is -0.0354. The predicted molar refractivity (Wildman–Crippen MR) is 127 cm³/mol. The van der Waals surface area contributed by atoms with Gasteiger partial charge in [0.25, 0.3) is 0 Å². The number of hydrogen-bond donors (Lipinski definition) is 2. The highest BCUT2D eigenvalue weighted by Crippen LogP contribution is 2.41. The number of H-pyrrole nitrogens is 1. The number of benzene rings is 2. The molecule has 33 heavy (non-hydrogen) atoms. The van der Waals surface area contributed by atoms with E-state index in [2.05, 4.69) is 34.0 Å². The number of aromatic carboxylic acids is 1. The van der Waals surface area contributed by atoms with E-state index in [1.54, 1.807) is 25.4 Å². The molecular formula is C26H28N4O3. The third kappa shape index (κ3) is 3.89. The molecule has 0 radical (unpaired) electrons. The normalized spacial score (nSPS) is 19.1. The maximum absolute atomic E-state index is 12.1. The predicted octanol–water partition coefficient (Wildman–Crippen LogP) is 4.96. The zero-order valence-corrected chi connectivity index (χ0v) is 18.9. The molecule has 5 rings (SSSR count). The zero-order chi connectivity index (χ0) is 22.9. The molecule has 0 spiro atoms. The van der Waals surface area contributed by atoms with E-state index in [1.165, 1.54) is 0 Å². The van der Waals surface area contributed by atoms with Gasteiger partial charge in [-0.3, -0.25) is 9.58 Å². The number of ether oxygens (including phenoxy) is 1. The summed E-state index contributed by atoms with van der Waals surface area (Å²) in [6.45, 7) is 3.57. The van der Waals surface area contributed by atoms with Crippen molar-refractivity contribution in [2.75, 3.05) is 13.7 Å². The van der Waals surface area contributed by atoms with Crippen LogP contribution in [0.15, 0.2) is 61.1 Å². The van der Waals surface area contributed by atoms with E-state index in [0.717, 1.165) is 52.7 Å². The maximum Gasteiger partial charge on any atom is 0.336 e. The van der Waals surface area contributed by atoms with Crippen molar-refractivity contribution in [3.63, 3.8) is 0 Å². The topological polar surface area (TPSA) is 83.4 Å². The number of piperidine rings is 1. The van der Waals surface area contributed by atoms with Crippen LogP contribution in [-0.2, 0) is 6.54 Å². The third-order valence-electron chi connectivity index (χ3n) is 6.83. The molecule has 0 saturated carbocycles. The Hall–Kier alpha value is -3.58. The largest absolute Gasteiger partial charge is 0.496 e. The minimum Gasteiger partial charge on any atom is -0.496 e. The van der Waals surface area contributed by atoms with E-state index >= 15 is 0 Å². The van der Waals surface area contributed by atoms with E-state index in [9.17, 15) is 9.90 Å². The first-order valence-corrected chi connectivity index (χ1v) is 11.3. The fraction of sp³-hybridized carbons (Fsp3) is 0.308. The summed E-state index contributed by atoms with van der Waals surface area (Å²) in [6.07, 6.45) is 7.48. The lowest BCUT2D eigenvalue weighted by Crippen LogP contribution is -2.38. The molecule has 4 aromatic rings. The molecule has 1 fully saturated rings. The van der Waals surface area contributed by atoms with Crippen LogP contribution in [0.1, 0.15) is 52.0 Å². The van der Waals surface area contributed by atoms with Crippen LogP contribution >= 0.6 is 0 Å². The lowest BCUT2D eigenvalue weighted by molar-refractivity contribution is 0.0682. The van der Waals surface area contributed by atoms with Crippen LogP contribution in [0.3, 0.4) is 0 Å². The Morgan fingerprint density at radius 1 is 1.27 bits per heavy atom. The number of carbonyl (C=O) groups is 1. The van der Waals surface area contributed by atoms with Gasteiger partial charge in [-0.15, -0.1) is 0 Å². The number of nitrogens with one attached hydrogen (secondary N) is 1. The summed E-state index contributed by atoms with van der Waals surface area (Å²) in [5.41, 5.74) is 4.57. The fourth-order valence-corrected chi connectivity index (χ4v) is 5.21. The van der Waals surface area contributed by atoms with Crippen LogP contribution in [0.4, 0.5) is 0 Å². The zero-order valence-electron chi connectivity index (χ0n) is 18.9. The third-order valence-corrected chi connectivity index (χ3v) is 6.83. The number of aromatic nitrogens is 3. The number of rotatable bonds is 6. The van der Waals surface area contributed by atoms with Crippen molar-refractivity contribution >= 4 is 16.9 Å². The smallest absolute Gasteiger partial charge is 0.336 e. The summed E-state index contributed by atoms with van der Waals surface area (Å²) >= 11 is 0. The van der Waals surface area contributed by atoms with Gasteiger partial charge in [-0.2, -0.15) is 5.10 Å². The van der Waals surface area contributed by atoms with Crippen molar-refractivity contribution in [1.29, 1.82) is 0 Å². The number of hydrogen-bond acceptors (Lipinski definition) is 4. The van der Waals surface area contributed by atoms with Crippen LogP contribution in [0, 0.1) is 6.92 Å². The molecule has 1 aliphatic rings. The minimum absolute atomic E-state index is 0.0553. The highest BCUT2D eigenvalue weighted by atomic mass is 16.5. The minimum atomic E-state index is -0.896. The van der Waals surface area contributed by atoms with E-state index in [4.69, 9.17) is 4.74 Å². The van der Waals surface area contributed by atoms with Crippen LogP contribution in [-0.4, -0.2) is 44.4 Å². The summed E-state index contributed by atoms with van der Waals surface area (Å²) in [4.78, 5) is 17.8. The summed E-state index contributed by atoms with van der Waals surface area (Å²) in [7, 11) is 1.71. The number of carboxylic acids is 1. The van der Waals surface area contributed by atoms with E-state index in [0.29, 0.717) is 12.1 Å². The van der Waals surface area contributed by atoms with Crippen LogP contribution in [0.5, 0.6) is 5.75 Å². The Bertz CT molecular complexity index is 1280. The van der Waals surface area contributed by atoms with Gasteiger partial charge >= 0.3 is 5.97 Å². The van der Waals surface area contributed by atoms with Gasteiger partial charge in [0, 0.05) is 54.2 Å². The van der Waals surface area contributed by atoms with Crippen molar-refractivity contribution < 1.29 is 14.6 Å². The standard InChI is InChI=1S/C26H28N4O3/c1-17-14-24(33-2)22(20-8-11-27-25(17)20)16-29-13-9-18(30-12-5-10-28-30)15-23(29)19-6-3-4-7-21(19)26(31)32/h3-8,10-12,14,18,23,27H,9,13,15-16H2,1-2H3,(H,31,32)/t18-,23+/m0/s1. The molecule has 170 valence electrons. The molecular weight excluding hydrogens is 416 g/mol. The first-order valence-electron chi connectivity index (χ1n) is 11.3. The molecule has 0 amide bonds. The molecule has 2 N–H and O–H groups in total. The summed E-state index contributed by atoms with van der Waals surface area (Å²) in [5, 5.41) is 15.5. The monoisotopic (exact) mass is 444 g/mol. The van der Waals surface area contributed by atoms with E-state index < -0.39 is 5.97 Å². The van der Waals surface area contributed by atoms with Crippen molar-refractivity contribution in [3.8, 4) is 5.75 Å². The average molecular weight is 445 g/mol. The highest BCUT2D eigenvalue weighted by molar-refractivity contribution is 5.90. The van der Waals surface area contributed by atoms with E-state index in [-0.39, 0.29) is 12.1 Å². The lowest BCUT2D eigenvalue weighted by Gasteiger charge is -2.40. The Morgan fingerprint density at radius 2 is 2.12 bits per heavy atom. The van der Waals surface area contributed by atoms with E-state index in [1.807, 2.05) is 35.3 Å². The number of aromatic amines is 1. The first-order chi connectivity index (χ1) is 16.1. The summed E-state index contributed by atoms with van der Waals surface area (Å²) < 4.78 is 7.78. The number of methoxy groups -OCH3 is 1. The SMILES string of the molecule is COc1cc(C)c2[nH]ccc2c1CN1CC[C@H](n2cccn2)C[C@@H]1c1ccccc1C(=O)O. The number of aryl methyl sites for hydroxylation is 1. The molecule has 7 nitrogen and oxygen atoms in total. The second-order valence-corrected chi connectivity index (χ2v) is 8.68. The Morgan fingerprint density at radius 3 is 2.88 bits per heavy atom. The molecule has 0 aliphatic carbocycles. The van der Waals surface area contributed by atoms with Gasteiger partial charge in [0.1, 0.15) is 5.75 Å². The second kappa shape index (κ2) is 8.75. The second-order valence-electron chi connectivity index (χ2n) is 8.68.